The first kappa shape index (κ1) is 14.7. The second-order valence-electron chi connectivity index (χ2n) is 5.39. The summed E-state index contributed by atoms with van der Waals surface area (Å²) in [4.78, 5) is 24.1. The van der Waals surface area contributed by atoms with Crippen LogP contribution in [0.4, 0.5) is 4.79 Å². The molecule has 0 radical (unpaired) electrons. The van der Waals surface area contributed by atoms with E-state index >= 15 is 0 Å². The molecule has 6 heteroatoms. The van der Waals surface area contributed by atoms with Gasteiger partial charge >= 0.3 is 6.09 Å². The fourth-order valence-corrected chi connectivity index (χ4v) is 2.26. The number of hydrogen-bond acceptors (Lipinski definition) is 5. The van der Waals surface area contributed by atoms with Crippen LogP contribution in [0.5, 0.6) is 5.75 Å². The van der Waals surface area contributed by atoms with Gasteiger partial charge in [0.15, 0.2) is 5.78 Å². The number of carbonyl (C=O) groups is 2. The molecule has 0 bridgehead atoms. The van der Waals surface area contributed by atoms with Crippen LogP contribution in [0.25, 0.3) is 0 Å². The lowest BCUT2D eigenvalue weighted by Gasteiger charge is -2.19. The standard InChI is InChI=1S/C14H17NO4S/c1-14(2,3)19-13(17)15-20-9-4-5-12-10(8-9)11(16)6-7-18-12/h4-5,8H,6-7H2,1-3H3,(H,15,17). The number of ketones is 1. The van der Waals surface area contributed by atoms with Crippen LogP contribution in [0.15, 0.2) is 23.1 Å². The molecule has 1 aromatic rings. The van der Waals surface area contributed by atoms with Crippen molar-refractivity contribution >= 4 is 23.8 Å². The van der Waals surface area contributed by atoms with Crippen LogP contribution < -0.4 is 9.46 Å². The van der Waals surface area contributed by atoms with Gasteiger partial charge in [-0.15, -0.1) is 0 Å². The van der Waals surface area contributed by atoms with Gasteiger partial charge in [-0.2, -0.15) is 0 Å². The first-order valence-corrected chi connectivity index (χ1v) is 7.13. The Bertz CT molecular complexity index is 536. The molecule has 5 nitrogen and oxygen atoms in total. The fourth-order valence-electron chi connectivity index (χ4n) is 1.70. The quantitative estimate of drug-likeness (QED) is 0.849. The third kappa shape index (κ3) is 3.90. The number of carbonyl (C=O) groups excluding carboxylic acids is 2. The van der Waals surface area contributed by atoms with E-state index in [1.54, 1.807) is 39.0 Å². The van der Waals surface area contributed by atoms with Gasteiger partial charge in [0.05, 0.1) is 12.2 Å². The Hall–Kier alpha value is -1.69. The number of ether oxygens (including phenoxy) is 2. The zero-order chi connectivity index (χ0) is 14.8. The third-order valence-electron chi connectivity index (χ3n) is 2.49. The molecule has 0 aromatic heterocycles. The highest BCUT2D eigenvalue weighted by Gasteiger charge is 2.20. The maximum Gasteiger partial charge on any atom is 0.418 e. The summed E-state index contributed by atoms with van der Waals surface area (Å²) >= 11 is 1.11. The van der Waals surface area contributed by atoms with Gasteiger partial charge in [-0.3, -0.25) is 9.52 Å². The third-order valence-corrected chi connectivity index (χ3v) is 3.25. The van der Waals surface area contributed by atoms with Crippen LogP contribution in [0, 0.1) is 0 Å². The number of Topliss-reactive ketones (excluding diaryl/α,β-unsaturated/α-hetero) is 1. The Balaban J connectivity index is 1.99. The maximum atomic E-state index is 11.8. The van der Waals surface area contributed by atoms with E-state index in [2.05, 4.69) is 4.72 Å². The predicted molar refractivity (Wildman–Crippen MR) is 76.1 cm³/mol. The molecule has 20 heavy (non-hydrogen) atoms. The highest BCUT2D eigenvalue weighted by atomic mass is 32.2. The Kier molecular flexibility index (Phi) is 4.23. The monoisotopic (exact) mass is 295 g/mol. The number of hydrogen-bond donors (Lipinski definition) is 1. The summed E-state index contributed by atoms with van der Waals surface area (Å²) < 4.78 is 13.1. The molecule has 1 aliphatic rings. The smallest absolute Gasteiger partial charge is 0.418 e. The van der Waals surface area contributed by atoms with Gasteiger partial charge in [0, 0.05) is 11.3 Å². The van der Waals surface area contributed by atoms with Crippen molar-refractivity contribution in [3.05, 3.63) is 23.8 Å². The first-order chi connectivity index (χ1) is 9.35. The summed E-state index contributed by atoms with van der Waals surface area (Å²) in [5.74, 6) is 0.661. The second-order valence-corrected chi connectivity index (χ2v) is 6.27. The van der Waals surface area contributed by atoms with E-state index in [0.29, 0.717) is 24.3 Å². The lowest BCUT2D eigenvalue weighted by Crippen LogP contribution is -2.29. The lowest BCUT2D eigenvalue weighted by atomic mass is 10.1. The molecule has 0 spiro atoms. The van der Waals surface area contributed by atoms with Gasteiger partial charge in [0.25, 0.3) is 0 Å². The number of fused-ring (bicyclic) bond motifs is 1. The SMILES string of the molecule is CC(C)(C)OC(=O)NSc1ccc2c(c1)C(=O)CCO2. The van der Waals surface area contributed by atoms with Crippen molar-refractivity contribution in [2.45, 2.75) is 37.7 Å². The minimum atomic E-state index is -0.537. The van der Waals surface area contributed by atoms with Crippen LogP contribution in [0.3, 0.4) is 0 Å². The minimum absolute atomic E-state index is 0.0611. The summed E-state index contributed by atoms with van der Waals surface area (Å²) in [6.07, 6.45) is -0.122. The Morgan fingerprint density at radius 2 is 2.15 bits per heavy atom. The molecule has 0 saturated heterocycles. The maximum absolute atomic E-state index is 11.8. The number of amides is 1. The fraction of sp³-hybridized carbons (Fsp3) is 0.429. The Morgan fingerprint density at radius 3 is 2.85 bits per heavy atom. The summed E-state index contributed by atoms with van der Waals surface area (Å²) in [7, 11) is 0. The summed E-state index contributed by atoms with van der Waals surface area (Å²) in [6, 6.07) is 5.25. The largest absolute Gasteiger partial charge is 0.492 e. The van der Waals surface area contributed by atoms with E-state index in [0.717, 1.165) is 16.8 Å². The predicted octanol–water partition coefficient (Wildman–Crippen LogP) is 3.18. The molecule has 1 heterocycles. The van der Waals surface area contributed by atoms with Crippen molar-refractivity contribution in [2.75, 3.05) is 6.61 Å². The Labute approximate surface area is 122 Å². The topological polar surface area (TPSA) is 64.6 Å². The van der Waals surface area contributed by atoms with Crippen LogP contribution in [-0.2, 0) is 4.74 Å². The summed E-state index contributed by atoms with van der Waals surface area (Å²) in [6.45, 7) is 5.82. The molecule has 1 aliphatic heterocycles. The van der Waals surface area contributed by atoms with Crippen molar-refractivity contribution in [1.82, 2.24) is 4.72 Å². The van der Waals surface area contributed by atoms with Crippen LogP contribution in [0.1, 0.15) is 37.6 Å². The van der Waals surface area contributed by atoms with Crippen molar-refractivity contribution in [3.8, 4) is 5.75 Å². The van der Waals surface area contributed by atoms with Crippen LogP contribution >= 0.6 is 11.9 Å². The van der Waals surface area contributed by atoms with E-state index in [1.807, 2.05) is 0 Å². The number of nitrogens with one attached hydrogen (secondary N) is 1. The molecule has 108 valence electrons. The number of rotatable bonds is 2. The summed E-state index contributed by atoms with van der Waals surface area (Å²) in [5.41, 5.74) is 0.0249. The normalized spacial score (nSPS) is 14.2. The van der Waals surface area contributed by atoms with Gasteiger partial charge < -0.3 is 9.47 Å². The lowest BCUT2D eigenvalue weighted by molar-refractivity contribution is 0.0574. The zero-order valence-electron chi connectivity index (χ0n) is 11.7. The van der Waals surface area contributed by atoms with Gasteiger partial charge in [-0.1, -0.05) is 0 Å². The molecule has 0 fully saturated rings. The molecule has 1 N–H and O–H groups in total. The van der Waals surface area contributed by atoms with Gasteiger partial charge in [-0.05, 0) is 50.9 Å². The zero-order valence-corrected chi connectivity index (χ0v) is 12.5. The van der Waals surface area contributed by atoms with E-state index in [-0.39, 0.29) is 5.78 Å². The van der Waals surface area contributed by atoms with Crippen molar-refractivity contribution < 1.29 is 19.1 Å². The van der Waals surface area contributed by atoms with Gasteiger partial charge in [0.2, 0.25) is 0 Å². The average molecular weight is 295 g/mol. The van der Waals surface area contributed by atoms with E-state index in [1.165, 1.54) is 0 Å². The van der Waals surface area contributed by atoms with E-state index < -0.39 is 11.7 Å². The highest BCUT2D eigenvalue weighted by Crippen LogP contribution is 2.28. The molecule has 1 aromatic carbocycles. The molecule has 0 aliphatic carbocycles. The van der Waals surface area contributed by atoms with Crippen LogP contribution in [-0.4, -0.2) is 24.1 Å². The molecule has 2 rings (SSSR count). The highest BCUT2D eigenvalue weighted by molar-refractivity contribution is 7.98. The Morgan fingerprint density at radius 1 is 1.40 bits per heavy atom. The summed E-state index contributed by atoms with van der Waals surface area (Å²) in [5, 5.41) is 0. The van der Waals surface area contributed by atoms with Crippen molar-refractivity contribution in [2.24, 2.45) is 0 Å². The molecular weight excluding hydrogens is 278 g/mol. The van der Waals surface area contributed by atoms with Gasteiger partial charge in [0.1, 0.15) is 11.4 Å². The molecule has 1 amide bonds. The van der Waals surface area contributed by atoms with Crippen molar-refractivity contribution in [3.63, 3.8) is 0 Å². The molecule has 0 unspecified atom stereocenters. The molecule has 0 saturated carbocycles. The second kappa shape index (κ2) is 5.75. The number of benzene rings is 1. The van der Waals surface area contributed by atoms with Gasteiger partial charge in [-0.25, -0.2) is 4.79 Å². The molecule has 0 atom stereocenters. The van der Waals surface area contributed by atoms with Crippen molar-refractivity contribution in [1.29, 1.82) is 0 Å². The average Bonchev–Trinajstić information content (AvgIpc) is 2.35. The van der Waals surface area contributed by atoms with E-state index in [4.69, 9.17) is 9.47 Å². The van der Waals surface area contributed by atoms with E-state index in [9.17, 15) is 9.59 Å². The minimum Gasteiger partial charge on any atom is -0.492 e. The first-order valence-electron chi connectivity index (χ1n) is 6.31. The molecular formula is C14H17NO4S. The van der Waals surface area contributed by atoms with Crippen LogP contribution in [0.2, 0.25) is 0 Å².